The molecule has 0 atom stereocenters. The maximum Gasteiger partial charge on any atom is 0.416 e. The van der Waals surface area contributed by atoms with E-state index in [-0.39, 0.29) is 18.5 Å². The van der Waals surface area contributed by atoms with Crippen molar-refractivity contribution in [2.45, 2.75) is 12.7 Å². The van der Waals surface area contributed by atoms with Crippen LogP contribution < -0.4 is 10.1 Å². The van der Waals surface area contributed by atoms with Crippen molar-refractivity contribution in [1.82, 2.24) is 10.2 Å². The number of fused-ring (bicyclic) bond motifs is 2. The number of methoxy groups -OCH3 is 1. The molecule has 0 radical (unpaired) electrons. The first-order chi connectivity index (χ1) is 12.7. The Morgan fingerprint density at radius 3 is 2.38 bits per heavy atom. The van der Waals surface area contributed by atoms with Gasteiger partial charge in [-0.1, -0.05) is 41.5 Å². The first-order valence-electron chi connectivity index (χ1n) is 7.89. The van der Waals surface area contributed by atoms with E-state index in [0.29, 0.717) is 11.5 Å². The van der Waals surface area contributed by atoms with Crippen molar-refractivity contribution in [3.05, 3.63) is 65.5 Å². The second-order valence-electron chi connectivity index (χ2n) is 5.52. The lowest BCUT2D eigenvalue weighted by Gasteiger charge is -2.27. The van der Waals surface area contributed by atoms with E-state index in [1.165, 1.54) is 7.11 Å². The minimum atomic E-state index is -0.714. The number of rotatable bonds is 4. The number of hydrogen-bond donors (Lipinski definition) is 1. The third kappa shape index (κ3) is 3.09. The molecular weight excluding hydrogens is 338 g/mol. The number of carbonyl (C=O) groups excluding carboxylic acids is 1. The normalized spacial score (nSPS) is 12.7. The van der Waals surface area contributed by atoms with E-state index >= 15 is 0 Å². The average molecular weight is 353 g/mol. The summed E-state index contributed by atoms with van der Waals surface area (Å²) < 4.78 is 21.6. The summed E-state index contributed by atoms with van der Waals surface area (Å²) in [6.07, 6.45) is -1.33. The number of carbonyl (C=O) groups is 1. The van der Waals surface area contributed by atoms with Crippen molar-refractivity contribution >= 4 is 12.1 Å². The fourth-order valence-corrected chi connectivity index (χ4v) is 2.70. The number of anilines is 1. The monoisotopic (exact) mass is 353 g/mol. The number of aromatic nitrogens is 2. The van der Waals surface area contributed by atoms with Gasteiger partial charge in [-0.25, -0.2) is 10.1 Å². The lowest BCUT2D eigenvalue weighted by molar-refractivity contribution is 0.124. The Labute approximate surface area is 148 Å². The Hall–Kier alpha value is -3.39. The van der Waals surface area contributed by atoms with E-state index in [1.807, 2.05) is 48.5 Å². The van der Waals surface area contributed by atoms with Gasteiger partial charge in [-0.15, -0.1) is 5.10 Å². The summed E-state index contributed by atoms with van der Waals surface area (Å²) in [6, 6.07) is 14.7. The lowest BCUT2D eigenvalue weighted by atomic mass is 9.97. The van der Waals surface area contributed by atoms with Crippen molar-refractivity contribution in [2.24, 2.45) is 0 Å². The van der Waals surface area contributed by atoms with Gasteiger partial charge in [-0.2, -0.15) is 0 Å². The number of amides is 1. The molecule has 0 saturated carbocycles. The predicted octanol–water partition coefficient (Wildman–Crippen LogP) is 3.66. The second kappa shape index (κ2) is 6.85. The molecule has 4 rings (SSSR count). The van der Waals surface area contributed by atoms with Crippen LogP contribution in [-0.2, 0) is 16.1 Å². The molecule has 0 fully saturated rings. The van der Waals surface area contributed by atoms with Crippen molar-refractivity contribution < 1.29 is 23.4 Å². The topological polar surface area (TPSA) is 95.7 Å². The van der Waals surface area contributed by atoms with Gasteiger partial charge in [0.1, 0.15) is 18.1 Å². The fraction of sp³-hybridized carbons (Fsp3) is 0.167. The molecule has 1 aromatic heterocycles. The van der Waals surface area contributed by atoms with Crippen LogP contribution >= 0.6 is 0 Å². The van der Waals surface area contributed by atoms with E-state index in [9.17, 15) is 4.79 Å². The van der Waals surface area contributed by atoms with E-state index in [2.05, 4.69) is 15.5 Å². The molecule has 0 saturated heterocycles. The molecule has 0 aliphatic carbocycles. The number of para-hydroxylation sites is 2. The summed E-state index contributed by atoms with van der Waals surface area (Å²) in [6.45, 7) is 0.157. The van der Waals surface area contributed by atoms with Crippen LogP contribution in [0.3, 0.4) is 0 Å². The van der Waals surface area contributed by atoms with Crippen molar-refractivity contribution in [1.29, 1.82) is 0 Å². The van der Waals surface area contributed by atoms with Crippen LogP contribution in [0.5, 0.6) is 11.5 Å². The van der Waals surface area contributed by atoms with Crippen molar-refractivity contribution in [3.63, 3.8) is 0 Å². The quantitative estimate of drug-likeness (QED) is 0.764. The highest BCUT2D eigenvalue weighted by Gasteiger charge is 2.30. The molecule has 1 N–H and O–H groups in total. The van der Waals surface area contributed by atoms with E-state index in [4.69, 9.17) is 18.6 Å². The summed E-state index contributed by atoms with van der Waals surface area (Å²) >= 11 is 0. The smallest absolute Gasteiger partial charge is 0.416 e. The molecule has 26 heavy (non-hydrogen) atoms. The fourth-order valence-electron chi connectivity index (χ4n) is 2.70. The van der Waals surface area contributed by atoms with Crippen LogP contribution in [0.2, 0.25) is 0 Å². The van der Waals surface area contributed by atoms with Crippen LogP contribution in [0.1, 0.15) is 23.1 Å². The molecule has 0 spiro atoms. The van der Waals surface area contributed by atoms with Crippen LogP contribution in [-0.4, -0.2) is 23.4 Å². The van der Waals surface area contributed by atoms with Crippen LogP contribution in [0.4, 0.5) is 10.8 Å². The Morgan fingerprint density at radius 1 is 1.08 bits per heavy atom. The Kier molecular flexibility index (Phi) is 4.24. The molecular formula is C18H15N3O5. The van der Waals surface area contributed by atoms with E-state index in [1.54, 1.807) is 0 Å². The molecule has 3 aromatic rings. The molecule has 1 aliphatic heterocycles. The van der Waals surface area contributed by atoms with Crippen LogP contribution in [0.25, 0.3) is 0 Å². The highest BCUT2D eigenvalue weighted by atomic mass is 16.6. The number of hydrogen-bond acceptors (Lipinski definition) is 7. The van der Waals surface area contributed by atoms with Gasteiger partial charge in [0.05, 0.1) is 0 Å². The summed E-state index contributed by atoms with van der Waals surface area (Å²) in [5.41, 5.74) is 1.51. The molecule has 1 aliphatic rings. The van der Waals surface area contributed by atoms with Gasteiger partial charge >= 0.3 is 12.1 Å². The predicted molar refractivity (Wildman–Crippen MR) is 89.9 cm³/mol. The third-order valence-electron chi connectivity index (χ3n) is 3.79. The van der Waals surface area contributed by atoms with Crippen LogP contribution in [0.15, 0.2) is 52.9 Å². The summed E-state index contributed by atoms with van der Waals surface area (Å²) in [4.78, 5) is 12.3. The Morgan fingerprint density at radius 2 is 1.73 bits per heavy atom. The number of nitrogens with one attached hydrogen (secondary N) is 1. The van der Waals surface area contributed by atoms with Gasteiger partial charge in [0.25, 0.3) is 0 Å². The number of benzene rings is 2. The minimum absolute atomic E-state index is 0.0596. The Bertz CT molecular complexity index is 894. The maximum absolute atomic E-state index is 12.3. The molecule has 0 bridgehead atoms. The van der Waals surface area contributed by atoms with Crippen LogP contribution in [0, 0.1) is 0 Å². The first kappa shape index (κ1) is 16.1. The average Bonchev–Trinajstić information content (AvgIpc) is 3.08. The van der Waals surface area contributed by atoms with Gasteiger partial charge in [-0.05, 0) is 12.1 Å². The SMILES string of the molecule is COCc1nnc(NC(=O)OC2c3ccccc3Oc3ccccc32)o1. The second-order valence-corrected chi connectivity index (χ2v) is 5.52. The zero-order chi connectivity index (χ0) is 17.9. The van der Waals surface area contributed by atoms with Gasteiger partial charge in [0.2, 0.25) is 5.89 Å². The molecule has 8 nitrogen and oxygen atoms in total. The third-order valence-corrected chi connectivity index (χ3v) is 3.79. The zero-order valence-electron chi connectivity index (χ0n) is 13.8. The largest absolute Gasteiger partial charge is 0.456 e. The van der Waals surface area contributed by atoms with Crippen molar-refractivity contribution in [2.75, 3.05) is 12.4 Å². The number of nitrogens with zero attached hydrogens (tertiary/aromatic N) is 2. The maximum atomic E-state index is 12.3. The molecule has 132 valence electrons. The van der Waals surface area contributed by atoms with Gasteiger partial charge in [0.15, 0.2) is 6.10 Å². The zero-order valence-corrected chi connectivity index (χ0v) is 13.8. The molecule has 2 heterocycles. The summed E-state index contributed by atoms with van der Waals surface area (Å²) in [5.74, 6) is 1.54. The van der Waals surface area contributed by atoms with Gasteiger partial charge < -0.3 is 18.6 Å². The number of ether oxygens (including phenoxy) is 3. The summed E-state index contributed by atoms with van der Waals surface area (Å²) in [5, 5.41) is 9.90. The molecule has 8 heteroatoms. The lowest BCUT2D eigenvalue weighted by Crippen LogP contribution is -2.21. The minimum Gasteiger partial charge on any atom is -0.456 e. The van der Waals surface area contributed by atoms with E-state index < -0.39 is 12.2 Å². The highest BCUT2D eigenvalue weighted by molar-refractivity contribution is 5.82. The Balaban J connectivity index is 1.56. The molecule has 2 aromatic carbocycles. The van der Waals surface area contributed by atoms with Gasteiger partial charge in [0, 0.05) is 18.2 Å². The molecule has 1 amide bonds. The molecule has 0 unspecified atom stereocenters. The first-order valence-corrected chi connectivity index (χ1v) is 7.89. The summed E-state index contributed by atoms with van der Waals surface area (Å²) in [7, 11) is 1.51. The van der Waals surface area contributed by atoms with Crippen molar-refractivity contribution in [3.8, 4) is 11.5 Å². The van der Waals surface area contributed by atoms with Gasteiger partial charge in [-0.3, -0.25) is 0 Å². The van der Waals surface area contributed by atoms with E-state index in [0.717, 1.165) is 11.1 Å². The highest BCUT2D eigenvalue weighted by Crippen LogP contribution is 2.44. The standard InChI is InChI=1S/C18H15N3O5/c1-23-10-15-20-21-17(25-15)19-18(22)26-16-11-6-2-4-8-13(11)24-14-9-5-3-7-12(14)16/h2-9,16H,10H2,1H3,(H,19,21,22).